The van der Waals surface area contributed by atoms with Gasteiger partial charge in [-0.2, -0.15) is 10.2 Å². The second-order valence-electron chi connectivity index (χ2n) is 4.57. The van der Waals surface area contributed by atoms with Gasteiger partial charge in [-0.25, -0.2) is 10.4 Å². The first-order valence-corrected chi connectivity index (χ1v) is 7.03. The molecule has 1 aliphatic heterocycles. The summed E-state index contributed by atoms with van der Waals surface area (Å²) in [5, 5.41) is 8.74. The highest BCUT2D eigenvalue weighted by Crippen LogP contribution is 2.14. The molecule has 2 aromatic rings. The Kier molecular flexibility index (Phi) is 4.20. The molecule has 1 aliphatic rings. The van der Waals surface area contributed by atoms with E-state index in [4.69, 9.17) is 16.3 Å². The Morgan fingerprint density at radius 2 is 2.00 bits per heavy atom. The van der Waals surface area contributed by atoms with E-state index in [1.165, 1.54) is 7.11 Å². The molecule has 7 nitrogen and oxygen atoms in total. The first-order chi connectivity index (χ1) is 11.2. The third-order valence-electron chi connectivity index (χ3n) is 3.07. The van der Waals surface area contributed by atoms with Gasteiger partial charge >= 0.3 is 0 Å². The summed E-state index contributed by atoms with van der Waals surface area (Å²) in [7, 11) is 1.53. The molecule has 8 heteroatoms. The molecule has 0 saturated carbocycles. The number of nitrogens with one attached hydrogen (secondary N) is 2. The van der Waals surface area contributed by atoms with Gasteiger partial charge in [0.1, 0.15) is 5.71 Å². The number of hydrazone groups is 2. The molecule has 0 radical (unpaired) electrons. The molecule has 0 aliphatic carbocycles. The number of nitrogens with zero attached hydrogens (tertiary/aromatic N) is 3. The Morgan fingerprint density at radius 3 is 2.65 bits per heavy atom. The smallest absolute Gasteiger partial charge is 0.294 e. The summed E-state index contributed by atoms with van der Waals surface area (Å²) < 4.78 is 5.01. The maximum atomic E-state index is 11.9. The number of halogens is 1. The van der Waals surface area contributed by atoms with Gasteiger partial charge in [-0.3, -0.25) is 10.2 Å². The predicted octanol–water partition coefficient (Wildman–Crippen LogP) is 2.05. The molecule has 2 N–H and O–H groups in total. The van der Waals surface area contributed by atoms with Gasteiger partial charge in [-0.1, -0.05) is 11.6 Å². The average molecular weight is 330 g/mol. The number of pyridine rings is 1. The molecule has 0 unspecified atom stereocenters. The van der Waals surface area contributed by atoms with Gasteiger partial charge in [0.15, 0.2) is 5.71 Å². The minimum atomic E-state index is -0.391. The van der Waals surface area contributed by atoms with Crippen molar-refractivity contribution in [3.05, 3.63) is 53.2 Å². The van der Waals surface area contributed by atoms with E-state index in [0.717, 1.165) is 0 Å². The molecular weight excluding hydrogens is 318 g/mol. The van der Waals surface area contributed by atoms with Crippen molar-refractivity contribution in [2.24, 2.45) is 10.2 Å². The summed E-state index contributed by atoms with van der Waals surface area (Å²) in [6.45, 7) is 0. The number of hydrogen-bond donors (Lipinski definition) is 2. The molecule has 116 valence electrons. The zero-order valence-corrected chi connectivity index (χ0v) is 12.8. The fourth-order valence-electron chi connectivity index (χ4n) is 1.91. The molecule has 0 bridgehead atoms. The number of anilines is 1. The lowest BCUT2D eigenvalue weighted by Gasteiger charge is -2.04. The zero-order chi connectivity index (χ0) is 16.2. The number of benzene rings is 1. The summed E-state index contributed by atoms with van der Waals surface area (Å²) >= 11 is 5.83. The normalized spacial score (nSPS) is 15.3. The van der Waals surface area contributed by atoms with Gasteiger partial charge in [-0.15, -0.1) is 0 Å². The quantitative estimate of drug-likeness (QED) is 0.840. The van der Waals surface area contributed by atoms with E-state index in [-0.39, 0.29) is 5.71 Å². The largest absolute Gasteiger partial charge is 0.481 e. The summed E-state index contributed by atoms with van der Waals surface area (Å²) in [6.07, 6.45) is 1.57. The van der Waals surface area contributed by atoms with Crippen LogP contribution in [0.1, 0.15) is 5.56 Å². The average Bonchev–Trinajstić information content (AvgIpc) is 2.95. The van der Waals surface area contributed by atoms with Crippen molar-refractivity contribution in [1.82, 2.24) is 10.4 Å². The zero-order valence-electron chi connectivity index (χ0n) is 12.1. The van der Waals surface area contributed by atoms with Crippen LogP contribution in [-0.4, -0.2) is 29.4 Å². The molecule has 0 atom stereocenters. The standard InChI is InChI=1S/C15H12ClN5O2/c1-23-12-7-2-9(8-17-12)13-14(15(22)21-19-13)20-18-11-5-3-10(16)4-6-11/h2-8,18H,1H3,(H,20,21,22). The Hall–Kier alpha value is -2.93. The summed E-state index contributed by atoms with van der Waals surface area (Å²) in [6, 6.07) is 10.4. The molecular formula is C15H12ClN5O2. The maximum Gasteiger partial charge on any atom is 0.294 e. The van der Waals surface area contributed by atoms with Crippen LogP contribution in [0.25, 0.3) is 0 Å². The van der Waals surface area contributed by atoms with Crippen LogP contribution in [0.5, 0.6) is 5.88 Å². The van der Waals surface area contributed by atoms with Crippen LogP contribution in [-0.2, 0) is 4.79 Å². The third kappa shape index (κ3) is 3.29. The van der Waals surface area contributed by atoms with E-state index in [0.29, 0.717) is 27.9 Å². The van der Waals surface area contributed by atoms with Gasteiger partial charge in [-0.05, 0) is 30.3 Å². The molecule has 1 amide bonds. The number of hydrogen-bond acceptors (Lipinski definition) is 6. The second kappa shape index (κ2) is 6.45. The van der Waals surface area contributed by atoms with E-state index in [9.17, 15) is 4.79 Å². The number of amides is 1. The summed E-state index contributed by atoms with van der Waals surface area (Å²) in [5.41, 5.74) is 7.14. The van der Waals surface area contributed by atoms with Gasteiger partial charge in [0.2, 0.25) is 5.88 Å². The van der Waals surface area contributed by atoms with Crippen LogP contribution >= 0.6 is 11.6 Å². The highest BCUT2D eigenvalue weighted by atomic mass is 35.5. The van der Waals surface area contributed by atoms with E-state index < -0.39 is 5.91 Å². The minimum absolute atomic E-state index is 0.173. The van der Waals surface area contributed by atoms with E-state index in [1.54, 1.807) is 42.6 Å². The molecule has 0 spiro atoms. The minimum Gasteiger partial charge on any atom is -0.481 e. The van der Waals surface area contributed by atoms with Crippen molar-refractivity contribution in [2.45, 2.75) is 0 Å². The highest BCUT2D eigenvalue weighted by molar-refractivity contribution is 6.72. The van der Waals surface area contributed by atoms with E-state index in [2.05, 4.69) is 26.0 Å². The Bertz CT molecular complexity index is 785. The van der Waals surface area contributed by atoms with Crippen molar-refractivity contribution in [1.29, 1.82) is 0 Å². The Balaban J connectivity index is 1.83. The highest BCUT2D eigenvalue weighted by Gasteiger charge is 2.26. The topological polar surface area (TPSA) is 88.0 Å². The Morgan fingerprint density at radius 1 is 1.22 bits per heavy atom. The van der Waals surface area contributed by atoms with Crippen LogP contribution in [0, 0.1) is 0 Å². The number of aromatic nitrogens is 1. The molecule has 3 rings (SSSR count). The van der Waals surface area contributed by atoms with Crippen molar-refractivity contribution in [2.75, 3.05) is 12.5 Å². The van der Waals surface area contributed by atoms with Gasteiger partial charge < -0.3 is 4.74 Å². The molecule has 2 heterocycles. The number of carbonyl (C=O) groups is 1. The van der Waals surface area contributed by atoms with Gasteiger partial charge in [0, 0.05) is 22.8 Å². The molecule has 1 aromatic heterocycles. The van der Waals surface area contributed by atoms with Crippen LogP contribution < -0.4 is 15.6 Å². The lowest BCUT2D eigenvalue weighted by atomic mass is 10.1. The lowest BCUT2D eigenvalue weighted by molar-refractivity contribution is -0.114. The van der Waals surface area contributed by atoms with E-state index in [1.807, 2.05) is 0 Å². The Labute approximate surface area is 137 Å². The molecule has 0 saturated heterocycles. The van der Waals surface area contributed by atoms with Crippen molar-refractivity contribution in [3.8, 4) is 5.88 Å². The number of ether oxygens (including phenoxy) is 1. The monoisotopic (exact) mass is 329 g/mol. The van der Waals surface area contributed by atoms with Crippen molar-refractivity contribution < 1.29 is 9.53 Å². The molecule has 23 heavy (non-hydrogen) atoms. The SMILES string of the molecule is COc1ccc(C2=NNC(=O)/C2=N/Nc2ccc(Cl)cc2)cn1. The van der Waals surface area contributed by atoms with Crippen LogP contribution in [0.4, 0.5) is 5.69 Å². The van der Waals surface area contributed by atoms with Crippen LogP contribution in [0.15, 0.2) is 52.8 Å². The summed E-state index contributed by atoms with van der Waals surface area (Å²) in [5.74, 6) is 0.0849. The van der Waals surface area contributed by atoms with Gasteiger partial charge in [0.25, 0.3) is 5.91 Å². The fourth-order valence-corrected chi connectivity index (χ4v) is 2.04. The number of rotatable bonds is 4. The van der Waals surface area contributed by atoms with E-state index >= 15 is 0 Å². The van der Waals surface area contributed by atoms with Crippen LogP contribution in [0.3, 0.4) is 0 Å². The first kappa shape index (κ1) is 15.0. The summed E-state index contributed by atoms with van der Waals surface area (Å²) in [4.78, 5) is 16.0. The number of carbonyl (C=O) groups excluding carboxylic acids is 1. The van der Waals surface area contributed by atoms with Crippen molar-refractivity contribution in [3.63, 3.8) is 0 Å². The lowest BCUT2D eigenvalue weighted by Crippen LogP contribution is -2.25. The second-order valence-corrected chi connectivity index (χ2v) is 5.01. The van der Waals surface area contributed by atoms with Gasteiger partial charge in [0.05, 0.1) is 12.8 Å². The molecule has 1 aromatic carbocycles. The fraction of sp³-hybridized carbons (Fsp3) is 0.0667. The first-order valence-electron chi connectivity index (χ1n) is 6.65. The van der Waals surface area contributed by atoms with Crippen molar-refractivity contribution >= 4 is 34.6 Å². The predicted molar refractivity (Wildman–Crippen MR) is 88.0 cm³/mol. The maximum absolute atomic E-state index is 11.9. The third-order valence-corrected chi connectivity index (χ3v) is 3.32. The molecule has 0 fully saturated rings. The number of methoxy groups -OCH3 is 1. The van der Waals surface area contributed by atoms with Crippen LogP contribution in [0.2, 0.25) is 5.02 Å².